The molecular weight excluding hydrogens is 278 g/mol. The quantitative estimate of drug-likeness (QED) is 0.799. The summed E-state index contributed by atoms with van der Waals surface area (Å²) in [6.07, 6.45) is 5.67. The minimum atomic E-state index is 0.0806. The monoisotopic (exact) mass is 309 g/mol. The maximum absolute atomic E-state index is 12.2. The van der Waals surface area contributed by atoms with Crippen LogP contribution in [0.25, 0.3) is 0 Å². The maximum atomic E-state index is 12.2. The molecule has 3 aliphatic rings. The van der Waals surface area contributed by atoms with Crippen molar-refractivity contribution in [2.75, 3.05) is 32.8 Å². The molecule has 2 N–H and O–H groups in total. The number of piperidine rings is 1. The van der Waals surface area contributed by atoms with Gasteiger partial charge in [-0.3, -0.25) is 9.69 Å². The second-order valence-corrected chi connectivity index (χ2v) is 7.88. The Morgan fingerprint density at radius 3 is 2.73 bits per heavy atom. The molecule has 0 aliphatic carbocycles. The van der Waals surface area contributed by atoms with Crippen LogP contribution in [0, 0.1) is 5.92 Å². The van der Waals surface area contributed by atoms with Gasteiger partial charge in [-0.1, -0.05) is 0 Å². The van der Waals surface area contributed by atoms with E-state index in [4.69, 9.17) is 4.74 Å². The van der Waals surface area contributed by atoms with E-state index < -0.39 is 0 Å². The van der Waals surface area contributed by atoms with Crippen LogP contribution in [0.1, 0.15) is 46.0 Å². The number of hydrogen-bond donors (Lipinski definition) is 2. The van der Waals surface area contributed by atoms with Gasteiger partial charge in [-0.15, -0.1) is 0 Å². The number of amides is 1. The van der Waals surface area contributed by atoms with E-state index in [1.807, 2.05) is 0 Å². The summed E-state index contributed by atoms with van der Waals surface area (Å²) in [5.74, 6) is 0.816. The molecule has 3 saturated heterocycles. The maximum Gasteiger partial charge on any atom is 0.220 e. The van der Waals surface area contributed by atoms with Crippen molar-refractivity contribution in [1.82, 2.24) is 15.5 Å². The molecule has 22 heavy (non-hydrogen) atoms. The van der Waals surface area contributed by atoms with Crippen LogP contribution in [0.4, 0.5) is 0 Å². The first kappa shape index (κ1) is 16.2. The molecule has 0 spiro atoms. The van der Waals surface area contributed by atoms with Gasteiger partial charge in [-0.25, -0.2) is 0 Å². The lowest BCUT2D eigenvalue weighted by molar-refractivity contribution is -0.122. The molecule has 0 saturated carbocycles. The standard InChI is InChI=1S/C17H31N3O2/c1-17(2)12-22-8-7-20(17)6-5-18-16(21)11-13-9-14-3-4-15(10-13)19-14/h13-15,19H,3-12H2,1-2H3,(H,18,21). The van der Waals surface area contributed by atoms with Crippen LogP contribution in [-0.4, -0.2) is 61.3 Å². The van der Waals surface area contributed by atoms with Crippen LogP contribution in [0.3, 0.4) is 0 Å². The van der Waals surface area contributed by atoms with Crippen molar-refractivity contribution in [2.45, 2.75) is 63.6 Å². The lowest BCUT2D eigenvalue weighted by Gasteiger charge is -2.42. The van der Waals surface area contributed by atoms with E-state index in [1.165, 1.54) is 25.7 Å². The van der Waals surface area contributed by atoms with Gasteiger partial charge in [0.05, 0.1) is 13.2 Å². The van der Waals surface area contributed by atoms with E-state index in [9.17, 15) is 4.79 Å². The number of nitrogens with one attached hydrogen (secondary N) is 2. The molecule has 3 rings (SSSR count). The third kappa shape index (κ3) is 4.00. The second-order valence-electron chi connectivity index (χ2n) is 7.88. The minimum absolute atomic E-state index is 0.0806. The van der Waals surface area contributed by atoms with E-state index >= 15 is 0 Å². The van der Waals surface area contributed by atoms with Gasteiger partial charge >= 0.3 is 0 Å². The van der Waals surface area contributed by atoms with Crippen molar-refractivity contribution in [3.05, 3.63) is 0 Å². The number of nitrogens with zero attached hydrogens (tertiary/aromatic N) is 1. The molecule has 0 aromatic rings. The summed E-state index contributed by atoms with van der Waals surface area (Å²) in [6, 6.07) is 1.34. The highest BCUT2D eigenvalue weighted by atomic mass is 16.5. The van der Waals surface area contributed by atoms with Crippen LogP contribution in [0.2, 0.25) is 0 Å². The largest absolute Gasteiger partial charge is 0.378 e. The van der Waals surface area contributed by atoms with E-state index in [1.54, 1.807) is 0 Å². The summed E-state index contributed by atoms with van der Waals surface area (Å²) < 4.78 is 5.53. The summed E-state index contributed by atoms with van der Waals surface area (Å²) in [4.78, 5) is 14.6. The molecule has 0 aromatic heterocycles. The molecule has 5 nitrogen and oxygen atoms in total. The average molecular weight is 309 g/mol. The lowest BCUT2D eigenvalue weighted by Crippen LogP contribution is -2.54. The first-order valence-electron chi connectivity index (χ1n) is 8.88. The van der Waals surface area contributed by atoms with E-state index in [-0.39, 0.29) is 11.4 Å². The number of carbonyl (C=O) groups excluding carboxylic acids is 1. The normalized spacial score (nSPS) is 34.5. The lowest BCUT2D eigenvalue weighted by atomic mass is 9.89. The highest BCUT2D eigenvalue weighted by Crippen LogP contribution is 2.32. The Balaban J connectivity index is 1.36. The van der Waals surface area contributed by atoms with Crippen LogP contribution >= 0.6 is 0 Å². The first-order chi connectivity index (χ1) is 10.5. The Labute approximate surface area is 134 Å². The fourth-order valence-corrected chi connectivity index (χ4v) is 4.31. The molecule has 2 unspecified atom stereocenters. The van der Waals surface area contributed by atoms with Crippen molar-refractivity contribution >= 4 is 5.91 Å². The van der Waals surface area contributed by atoms with Crippen LogP contribution < -0.4 is 10.6 Å². The van der Waals surface area contributed by atoms with Gasteiger partial charge in [-0.05, 0) is 45.4 Å². The highest BCUT2D eigenvalue weighted by molar-refractivity contribution is 5.76. The van der Waals surface area contributed by atoms with Gasteiger partial charge in [0.25, 0.3) is 0 Å². The topological polar surface area (TPSA) is 53.6 Å². The summed E-state index contributed by atoms with van der Waals surface area (Å²) in [7, 11) is 0. The minimum Gasteiger partial charge on any atom is -0.378 e. The van der Waals surface area contributed by atoms with Crippen LogP contribution in [0.5, 0.6) is 0 Å². The predicted octanol–water partition coefficient (Wildman–Crippen LogP) is 1.13. The van der Waals surface area contributed by atoms with E-state index in [0.29, 0.717) is 24.4 Å². The molecule has 2 atom stereocenters. The zero-order valence-corrected chi connectivity index (χ0v) is 14.1. The number of fused-ring (bicyclic) bond motifs is 2. The molecule has 126 valence electrons. The Bertz CT molecular complexity index is 387. The van der Waals surface area contributed by atoms with Gasteiger partial charge in [-0.2, -0.15) is 0 Å². The molecule has 3 heterocycles. The molecule has 3 aliphatic heterocycles. The SMILES string of the molecule is CC1(C)COCCN1CCNC(=O)CC1CC2CCC(C1)N2. The molecule has 2 bridgehead atoms. The smallest absolute Gasteiger partial charge is 0.220 e. The van der Waals surface area contributed by atoms with Crippen LogP contribution in [0.15, 0.2) is 0 Å². The molecular formula is C17H31N3O2. The summed E-state index contributed by atoms with van der Waals surface area (Å²) in [5.41, 5.74) is 0.0806. The van der Waals surface area contributed by atoms with Crippen molar-refractivity contribution in [1.29, 1.82) is 0 Å². The Morgan fingerprint density at radius 2 is 2.05 bits per heavy atom. The van der Waals surface area contributed by atoms with Crippen LogP contribution in [-0.2, 0) is 9.53 Å². The van der Waals surface area contributed by atoms with Gasteiger partial charge in [0.2, 0.25) is 5.91 Å². The molecule has 0 radical (unpaired) electrons. The van der Waals surface area contributed by atoms with Crippen molar-refractivity contribution < 1.29 is 9.53 Å². The third-order valence-electron chi connectivity index (χ3n) is 5.57. The average Bonchev–Trinajstić information content (AvgIpc) is 2.79. The summed E-state index contributed by atoms with van der Waals surface area (Å²) >= 11 is 0. The summed E-state index contributed by atoms with van der Waals surface area (Å²) in [5, 5.41) is 6.76. The number of hydrogen-bond acceptors (Lipinski definition) is 4. The predicted molar refractivity (Wildman–Crippen MR) is 86.8 cm³/mol. The highest BCUT2D eigenvalue weighted by Gasteiger charge is 2.34. The Morgan fingerprint density at radius 1 is 1.32 bits per heavy atom. The van der Waals surface area contributed by atoms with Crippen molar-refractivity contribution in [3.8, 4) is 0 Å². The second kappa shape index (κ2) is 6.85. The summed E-state index contributed by atoms with van der Waals surface area (Å²) in [6.45, 7) is 8.62. The van der Waals surface area contributed by atoms with Gasteiger partial charge < -0.3 is 15.4 Å². The fraction of sp³-hybridized carbons (Fsp3) is 0.941. The van der Waals surface area contributed by atoms with Crippen molar-refractivity contribution in [3.63, 3.8) is 0 Å². The first-order valence-corrected chi connectivity index (χ1v) is 8.88. The Kier molecular flexibility index (Phi) is 5.05. The van der Waals surface area contributed by atoms with E-state index in [0.717, 1.165) is 32.8 Å². The number of rotatable bonds is 5. The number of carbonyl (C=O) groups is 1. The fourth-order valence-electron chi connectivity index (χ4n) is 4.31. The van der Waals surface area contributed by atoms with E-state index in [2.05, 4.69) is 29.4 Å². The molecule has 3 fully saturated rings. The zero-order valence-electron chi connectivity index (χ0n) is 14.1. The van der Waals surface area contributed by atoms with Gasteiger partial charge in [0.1, 0.15) is 0 Å². The molecule has 0 aromatic carbocycles. The third-order valence-corrected chi connectivity index (χ3v) is 5.57. The molecule has 5 heteroatoms. The number of morpholine rings is 1. The Hall–Kier alpha value is -0.650. The van der Waals surface area contributed by atoms with Gasteiger partial charge in [0, 0.05) is 43.7 Å². The molecule has 1 amide bonds. The zero-order chi connectivity index (χ0) is 15.6. The van der Waals surface area contributed by atoms with Crippen molar-refractivity contribution in [2.24, 2.45) is 5.92 Å². The van der Waals surface area contributed by atoms with Gasteiger partial charge in [0.15, 0.2) is 0 Å². The number of ether oxygens (including phenoxy) is 1.